The summed E-state index contributed by atoms with van der Waals surface area (Å²) in [4.78, 5) is 14.6. The van der Waals surface area contributed by atoms with E-state index in [1.807, 2.05) is 12.1 Å². The van der Waals surface area contributed by atoms with Crippen LogP contribution < -0.4 is 0 Å². The summed E-state index contributed by atoms with van der Waals surface area (Å²) < 4.78 is 27.2. The summed E-state index contributed by atoms with van der Waals surface area (Å²) in [7, 11) is 0. The van der Waals surface area contributed by atoms with E-state index in [0.717, 1.165) is 11.3 Å². The summed E-state index contributed by atoms with van der Waals surface area (Å²) in [5.41, 5.74) is 2.43. The molecule has 2 heterocycles. The molecule has 3 aromatic rings. The molecular weight excluding hydrogens is 380 g/mol. The second-order valence-corrected chi connectivity index (χ2v) is 7.95. The topological polar surface area (TPSA) is 49.0 Å². The van der Waals surface area contributed by atoms with Crippen molar-refractivity contribution < 1.29 is 13.6 Å². The first-order chi connectivity index (χ1) is 13.6. The first-order valence-electron chi connectivity index (χ1n) is 9.08. The number of halogens is 2. The summed E-state index contributed by atoms with van der Waals surface area (Å²) in [6.45, 7) is 1.15. The molecule has 2 aromatic carbocycles. The van der Waals surface area contributed by atoms with E-state index in [2.05, 4.69) is 10.2 Å². The van der Waals surface area contributed by atoms with Crippen molar-refractivity contribution in [3.8, 4) is 11.3 Å². The van der Waals surface area contributed by atoms with Gasteiger partial charge in [0.25, 0.3) is 5.91 Å². The molecule has 1 N–H and O–H groups in total. The maximum absolute atomic E-state index is 14.1. The van der Waals surface area contributed by atoms with E-state index in [0.29, 0.717) is 36.5 Å². The van der Waals surface area contributed by atoms with Crippen molar-refractivity contribution in [2.24, 2.45) is 0 Å². The van der Waals surface area contributed by atoms with Crippen LogP contribution in [0.15, 0.2) is 54.6 Å². The standard InChI is InChI=1S/C21H19F2N3OS/c22-15-7-5-14(6-8-15)18-13-19(25-24-18)21(27)26-10-9-20(28-12-11-26)16-3-1-2-4-17(16)23/h1-8,13,20H,9-12H2,(H,24,25). The third-order valence-electron chi connectivity index (χ3n) is 4.83. The number of carbonyl (C=O) groups is 1. The van der Waals surface area contributed by atoms with Crippen molar-refractivity contribution in [2.75, 3.05) is 18.8 Å². The molecule has 1 aliphatic heterocycles. The Morgan fingerprint density at radius 3 is 2.68 bits per heavy atom. The van der Waals surface area contributed by atoms with Crippen LogP contribution in [0.1, 0.15) is 27.7 Å². The number of carbonyl (C=O) groups excluding carboxylic acids is 1. The van der Waals surface area contributed by atoms with Gasteiger partial charge in [-0.2, -0.15) is 16.9 Å². The zero-order valence-electron chi connectivity index (χ0n) is 15.1. The van der Waals surface area contributed by atoms with Crippen molar-refractivity contribution in [2.45, 2.75) is 11.7 Å². The molecule has 1 unspecified atom stereocenters. The van der Waals surface area contributed by atoms with Gasteiger partial charge in [0.15, 0.2) is 0 Å². The Hall–Kier alpha value is -2.67. The quantitative estimate of drug-likeness (QED) is 0.696. The number of amides is 1. The van der Waals surface area contributed by atoms with Crippen molar-refractivity contribution >= 4 is 17.7 Å². The molecule has 4 nitrogen and oxygen atoms in total. The van der Waals surface area contributed by atoms with E-state index in [9.17, 15) is 13.6 Å². The van der Waals surface area contributed by atoms with Crippen LogP contribution in [0.2, 0.25) is 0 Å². The van der Waals surface area contributed by atoms with Crippen LogP contribution in [-0.2, 0) is 0 Å². The number of nitrogens with zero attached hydrogens (tertiary/aromatic N) is 2. The second-order valence-electron chi connectivity index (χ2n) is 6.64. The van der Waals surface area contributed by atoms with E-state index in [1.54, 1.807) is 40.9 Å². The van der Waals surface area contributed by atoms with Gasteiger partial charge in [0.2, 0.25) is 0 Å². The van der Waals surface area contributed by atoms with E-state index in [1.165, 1.54) is 18.2 Å². The molecule has 1 fully saturated rings. The van der Waals surface area contributed by atoms with Gasteiger partial charge in [-0.15, -0.1) is 0 Å². The molecule has 1 saturated heterocycles. The largest absolute Gasteiger partial charge is 0.336 e. The fourth-order valence-electron chi connectivity index (χ4n) is 3.33. The van der Waals surface area contributed by atoms with Crippen LogP contribution in [0.5, 0.6) is 0 Å². The van der Waals surface area contributed by atoms with Gasteiger partial charge < -0.3 is 4.90 Å². The molecule has 7 heteroatoms. The van der Waals surface area contributed by atoms with Gasteiger partial charge in [-0.1, -0.05) is 18.2 Å². The number of aromatic amines is 1. The number of H-pyrrole nitrogens is 1. The second kappa shape index (κ2) is 8.14. The van der Waals surface area contributed by atoms with Crippen LogP contribution >= 0.6 is 11.8 Å². The average molecular weight is 399 g/mol. The number of nitrogens with one attached hydrogen (secondary N) is 1. The highest BCUT2D eigenvalue weighted by atomic mass is 32.2. The lowest BCUT2D eigenvalue weighted by Gasteiger charge is -2.19. The zero-order chi connectivity index (χ0) is 19.5. The summed E-state index contributed by atoms with van der Waals surface area (Å²) in [6, 6.07) is 14.5. The molecule has 0 bridgehead atoms. The van der Waals surface area contributed by atoms with Crippen LogP contribution in [0.3, 0.4) is 0 Å². The van der Waals surface area contributed by atoms with Crippen LogP contribution in [0, 0.1) is 11.6 Å². The Bertz CT molecular complexity index is 974. The monoisotopic (exact) mass is 399 g/mol. The Labute approximate surface area is 166 Å². The third kappa shape index (κ3) is 3.94. The molecule has 1 aliphatic rings. The number of benzene rings is 2. The van der Waals surface area contributed by atoms with E-state index >= 15 is 0 Å². The summed E-state index contributed by atoms with van der Waals surface area (Å²) in [5.74, 6) is 0.0963. The Morgan fingerprint density at radius 2 is 1.89 bits per heavy atom. The molecule has 4 rings (SSSR count). The minimum atomic E-state index is -0.318. The van der Waals surface area contributed by atoms with Gasteiger partial charge >= 0.3 is 0 Å². The van der Waals surface area contributed by atoms with Gasteiger partial charge in [-0.25, -0.2) is 8.78 Å². The smallest absolute Gasteiger partial charge is 0.271 e. The number of hydrogen-bond acceptors (Lipinski definition) is 3. The Morgan fingerprint density at radius 1 is 1.11 bits per heavy atom. The van der Waals surface area contributed by atoms with Crippen LogP contribution in [0.25, 0.3) is 11.3 Å². The van der Waals surface area contributed by atoms with Crippen molar-refractivity contribution in [1.82, 2.24) is 15.1 Å². The van der Waals surface area contributed by atoms with Gasteiger partial charge in [0.1, 0.15) is 17.3 Å². The average Bonchev–Trinajstić information content (AvgIpc) is 3.07. The Balaban J connectivity index is 1.46. The number of rotatable bonds is 3. The van der Waals surface area contributed by atoms with Gasteiger partial charge in [-0.05, 0) is 42.8 Å². The minimum absolute atomic E-state index is 0.0375. The van der Waals surface area contributed by atoms with E-state index in [-0.39, 0.29) is 22.8 Å². The fourth-order valence-corrected chi connectivity index (χ4v) is 4.58. The zero-order valence-corrected chi connectivity index (χ0v) is 15.9. The third-order valence-corrected chi connectivity index (χ3v) is 6.14. The molecule has 1 atom stereocenters. The lowest BCUT2D eigenvalue weighted by molar-refractivity contribution is 0.0760. The molecule has 0 spiro atoms. The minimum Gasteiger partial charge on any atom is -0.336 e. The normalized spacial score (nSPS) is 17.4. The summed E-state index contributed by atoms with van der Waals surface area (Å²) >= 11 is 1.68. The predicted molar refractivity (Wildman–Crippen MR) is 106 cm³/mol. The number of aromatic nitrogens is 2. The highest BCUT2D eigenvalue weighted by Gasteiger charge is 2.25. The molecule has 1 aromatic heterocycles. The maximum Gasteiger partial charge on any atom is 0.271 e. The molecule has 0 radical (unpaired) electrons. The lowest BCUT2D eigenvalue weighted by Crippen LogP contribution is -2.33. The molecule has 0 aliphatic carbocycles. The molecule has 0 saturated carbocycles. The number of hydrogen-bond donors (Lipinski definition) is 1. The first-order valence-corrected chi connectivity index (χ1v) is 10.1. The summed E-state index contributed by atoms with van der Waals surface area (Å²) in [6.07, 6.45) is 0.691. The van der Waals surface area contributed by atoms with E-state index < -0.39 is 0 Å². The van der Waals surface area contributed by atoms with Crippen molar-refractivity contribution in [1.29, 1.82) is 0 Å². The van der Waals surface area contributed by atoms with E-state index in [4.69, 9.17) is 0 Å². The van der Waals surface area contributed by atoms with Crippen LogP contribution in [-0.4, -0.2) is 39.8 Å². The van der Waals surface area contributed by atoms with Gasteiger partial charge in [0.05, 0.1) is 5.69 Å². The SMILES string of the molecule is O=C(c1cc(-c2ccc(F)cc2)n[nH]1)N1CCSC(c2ccccc2F)CC1. The van der Waals surface area contributed by atoms with Crippen LogP contribution in [0.4, 0.5) is 8.78 Å². The first kappa shape index (κ1) is 18.7. The fraction of sp³-hybridized carbons (Fsp3) is 0.238. The maximum atomic E-state index is 14.1. The molecule has 28 heavy (non-hydrogen) atoms. The predicted octanol–water partition coefficient (Wildman–Crippen LogP) is 4.68. The van der Waals surface area contributed by atoms with Crippen molar-refractivity contribution in [3.05, 3.63) is 77.5 Å². The van der Waals surface area contributed by atoms with Crippen molar-refractivity contribution in [3.63, 3.8) is 0 Å². The molecular formula is C21H19F2N3OS. The highest BCUT2D eigenvalue weighted by Crippen LogP contribution is 2.35. The molecule has 144 valence electrons. The Kier molecular flexibility index (Phi) is 5.43. The lowest BCUT2D eigenvalue weighted by atomic mass is 10.1. The van der Waals surface area contributed by atoms with Gasteiger partial charge in [0, 0.05) is 35.2 Å². The molecule has 1 amide bonds. The highest BCUT2D eigenvalue weighted by molar-refractivity contribution is 7.99. The summed E-state index contributed by atoms with van der Waals surface area (Å²) in [5, 5.41) is 7.00. The van der Waals surface area contributed by atoms with Gasteiger partial charge in [-0.3, -0.25) is 9.89 Å². The number of thioether (sulfide) groups is 1.